The highest BCUT2D eigenvalue weighted by atomic mass is 19.1. The van der Waals surface area contributed by atoms with Gasteiger partial charge in [0.2, 0.25) is 5.91 Å². The molecule has 1 aromatic rings. The molecule has 0 unspecified atom stereocenters. The molecular weight excluding hydrogens is 245 g/mol. The van der Waals surface area contributed by atoms with Crippen molar-refractivity contribution in [3.8, 4) is 0 Å². The Morgan fingerprint density at radius 1 is 1.42 bits per heavy atom. The molecule has 1 rings (SSSR count). The molecule has 1 aromatic carbocycles. The van der Waals surface area contributed by atoms with E-state index in [4.69, 9.17) is 5.73 Å². The molecule has 0 aliphatic heterocycles. The molecule has 5 heteroatoms. The average Bonchev–Trinajstić information content (AvgIpc) is 2.34. The van der Waals surface area contributed by atoms with Gasteiger partial charge in [-0.3, -0.25) is 9.69 Å². The Labute approximate surface area is 113 Å². The predicted octanol–water partition coefficient (Wildman–Crippen LogP) is 2.47. The minimum Gasteiger partial charge on any atom is -0.399 e. The number of nitrogen functional groups attached to an aromatic ring is 1. The number of unbranched alkanes of at least 4 members (excludes halogenated alkanes) is 2. The molecule has 0 heterocycles. The zero-order chi connectivity index (χ0) is 14.3. The van der Waals surface area contributed by atoms with Crippen molar-refractivity contribution in [1.82, 2.24) is 4.90 Å². The van der Waals surface area contributed by atoms with Crippen LogP contribution in [0.25, 0.3) is 0 Å². The van der Waals surface area contributed by atoms with E-state index in [0.717, 1.165) is 25.8 Å². The fourth-order valence-electron chi connectivity index (χ4n) is 1.78. The second-order valence-electron chi connectivity index (χ2n) is 4.73. The lowest BCUT2D eigenvalue weighted by atomic mass is 10.2. The number of nitrogens with one attached hydrogen (secondary N) is 1. The second-order valence-corrected chi connectivity index (χ2v) is 4.73. The van der Waals surface area contributed by atoms with Gasteiger partial charge in [-0.1, -0.05) is 19.8 Å². The first-order valence-corrected chi connectivity index (χ1v) is 6.56. The molecule has 106 valence electrons. The molecule has 0 spiro atoms. The maximum absolute atomic E-state index is 13.4. The first-order chi connectivity index (χ1) is 9.02. The normalized spacial score (nSPS) is 10.7. The number of carbonyl (C=O) groups excluding carboxylic acids is 1. The van der Waals surface area contributed by atoms with Gasteiger partial charge in [0.1, 0.15) is 5.82 Å². The van der Waals surface area contributed by atoms with Crippen molar-refractivity contribution in [2.45, 2.75) is 26.2 Å². The lowest BCUT2D eigenvalue weighted by molar-refractivity contribution is -0.117. The molecule has 0 saturated heterocycles. The Morgan fingerprint density at radius 3 is 2.84 bits per heavy atom. The number of hydrogen-bond donors (Lipinski definition) is 2. The van der Waals surface area contributed by atoms with Gasteiger partial charge >= 0.3 is 0 Å². The molecule has 0 radical (unpaired) electrons. The summed E-state index contributed by atoms with van der Waals surface area (Å²) in [7, 11) is 1.88. The highest BCUT2D eigenvalue weighted by Gasteiger charge is 2.09. The van der Waals surface area contributed by atoms with Gasteiger partial charge in [-0.05, 0) is 38.2 Å². The van der Waals surface area contributed by atoms with E-state index in [-0.39, 0.29) is 18.1 Å². The third kappa shape index (κ3) is 5.70. The summed E-state index contributed by atoms with van der Waals surface area (Å²) in [6.45, 7) is 3.24. The number of nitrogens with zero attached hydrogens (tertiary/aromatic N) is 1. The summed E-state index contributed by atoms with van der Waals surface area (Å²) in [4.78, 5) is 13.7. The molecule has 19 heavy (non-hydrogen) atoms. The standard InChI is InChI=1S/C14H22FN3O/c1-3-4-5-8-18(2)10-14(19)17-13-9-11(16)6-7-12(13)15/h6-7,9H,3-5,8,10,16H2,1-2H3,(H,17,19). The highest BCUT2D eigenvalue weighted by molar-refractivity contribution is 5.92. The number of halogens is 1. The van der Waals surface area contributed by atoms with Crippen LogP contribution in [-0.2, 0) is 4.79 Å². The molecule has 0 atom stereocenters. The van der Waals surface area contributed by atoms with E-state index < -0.39 is 5.82 Å². The molecule has 0 aliphatic carbocycles. The summed E-state index contributed by atoms with van der Waals surface area (Å²) < 4.78 is 13.4. The minimum atomic E-state index is -0.476. The molecule has 0 aromatic heterocycles. The van der Waals surface area contributed by atoms with Crippen LogP contribution >= 0.6 is 0 Å². The van der Waals surface area contributed by atoms with Crippen LogP contribution in [0.1, 0.15) is 26.2 Å². The van der Waals surface area contributed by atoms with Crippen LogP contribution in [0, 0.1) is 5.82 Å². The van der Waals surface area contributed by atoms with E-state index in [2.05, 4.69) is 12.2 Å². The summed E-state index contributed by atoms with van der Waals surface area (Å²) in [5.41, 5.74) is 6.11. The van der Waals surface area contributed by atoms with Gasteiger partial charge in [0, 0.05) is 5.69 Å². The first-order valence-electron chi connectivity index (χ1n) is 6.56. The van der Waals surface area contributed by atoms with Crippen molar-refractivity contribution in [3.05, 3.63) is 24.0 Å². The summed E-state index contributed by atoms with van der Waals surface area (Å²) in [6.07, 6.45) is 3.36. The van der Waals surface area contributed by atoms with Crippen molar-refractivity contribution in [2.75, 3.05) is 31.2 Å². The Kier molecular flexibility index (Phi) is 6.29. The number of rotatable bonds is 7. The Balaban J connectivity index is 2.44. The van der Waals surface area contributed by atoms with E-state index in [1.807, 2.05) is 11.9 Å². The van der Waals surface area contributed by atoms with Gasteiger partial charge in [0.25, 0.3) is 0 Å². The van der Waals surface area contributed by atoms with Crippen molar-refractivity contribution in [1.29, 1.82) is 0 Å². The molecule has 0 bridgehead atoms. The van der Waals surface area contributed by atoms with E-state index in [1.165, 1.54) is 18.2 Å². The topological polar surface area (TPSA) is 58.4 Å². The maximum atomic E-state index is 13.4. The summed E-state index contributed by atoms with van der Waals surface area (Å²) in [5, 5.41) is 2.54. The Morgan fingerprint density at radius 2 is 2.16 bits per heavy atom. The zero-order valence-electron chi connectivity index (χ0n) is 11.6. The number of nitrogens with two attached hydrogens (primary N) is 1. The number of likely N-dealkylation sites (N-methyl/N-ethyl adjacent to an activating group) is 1. The summed E-state index contributed by atoms with van der Waals surface area (Å²) in [6, 6.07) is 4.13. The number of hydrogen-bond acceptors (Lipinski definition) is 3. The van der Waals surface area contributed by atoms with Crippen molar-refractivity contribution in [2.24, 2.45) is 0 Å². The van der Waals surface area contributed by atoms with Crippen molar-refractivity contribution in [3.63, 3.8) is 0 Å². The summed E-state index contributed by atoms with van der Waals surface area (Å²) in [5.74, 6) is -0.709. The van der Waals surface area contributed by atoms with Crippen LogP contribution in [0.4, 0.5) is 15.8 Å². The molecule has 0 fully saturated rings. The van der Waals surface area contributed by atoms with Crippen molar-refractivity contribution >= 4 is 17.3 Å². The highest BCUT2D eigenvalue weighted by Crippen LogP contribution is 2.17. The molecule has 3 N–H and O–H groups in total. The van der Waals surface area contributed by atoms with Crippen molar-refractivity contribution < 1.29 is 9.18 Å². The third-order valence-electron chi connectivity index (χ3n) is 2.82. The van der Waals surface area contributed by atoms with Crippen LogP contribution < -0.4 is 11.1 Å². The van der Waals surface area contributed by atoms with E-state index in [9.17, 15) is 9.18 Å². The van der Waals surface area contributed by atoms with Crippen LogP contribution in [0.3, 0.4) is 0 Å². The predicted molar refractivity (Wildman–Crippen MR) is 76.5 cm³/mol. The maximum Gasteiger partial charge on any atom is 0.238 e. The number of anilines is 2. The fourth-order valence-corrected chi connectivity index (χ4v) is 1.78. The van der Waals surface area contributed by atoms with Gasteiger partial charge in [0.05, 0.1) is 12.2 Å². The fraction of sp³-hybridized carbons (Fsp3) is 0.500. The quantitative estimate of drug-likeness (QED) is 0.589. The lowest BCUT2D eigenvalue weighted by Gasteiger charge is -2.16. The van der Waals surface area contributed by atoms with Gasteiger partial charge in [0.15, 0.2) is 0 Å². The number of carbonyl (C=O) groups is 1. The first kappa shape index (κ1) is 15.4. The van der Waals surface area contributed by atoms with Gasteiger partial charge in [-0.2, -0.15) is 0 Å². The third-order valence-corrected chi connectivity index (χ3v) is 2.82. The molecule has 4 nitrogen and oxygen atoms in total. The SMILES string of the molecule is CCCCCN(C)CC(=O)Nc1cc(N)ccc1F. The molecule has 0 aliphatic rings. The summed E-state index contributed by atoms with van der Waals surface area (Å²) >= 11 is 0. The van der Waals surface area contributed by atoms with Gasteiger partial charge in [-0.15, -0.1) is 0 Å². The molecular formula is C14H22FN3O. The van der Waals surface area contributed by atoms with Gasteiger partial charge < -0.3 is 11.1 Å². The molecule has 1 amide bonds. The Bertz CT molecular complexity index is 423. The van der Waals surface area contributed by atoms with Crippen LogP contribution in [0.2, 0.25) is 0 Å². The molecule has 0 saturated carbocycles. The van der Waals surface area contributed by atoms with Gasteiger partial charge in [-0.25, -0.2) is 4.39 Å². The average molecular weight is 267 g/mol. The number of amides is 1. The van der Waals surface area contributed by atoms with Crippen LogP contribution in [-0.4, -0.2) is 30.9 Å². The minimum absolute atomic E-state index is 0.131. The number of benzene rings is 1. The monoisotopic (exact) mass is 267 g/mol. The van der Waals surface area contributed by atoms with Crippen LogP contribution in [0.5, 0.6) is 0 Å². The largest absolute Gasteiger partial charge is 0.399 e. The second kappa shape index (κ2) is 7.74. The van der Waals surface area contributed by atoms with E-state index in [1.54, 1.807) is 0 Å². The smallest absolute Gasteiger partial charge is 0.238 e. The lowest BCUT2D eigenvalue weighted by Crippen LogP contribution is -2.31. The Hall–Kier alpha value is -1.62. The zero-order valence-corrected chi connectivity index (χ0v) is 11.6. The van der Waals surface area contributed by atoms with Crippen LogP contribution in [0.15, 0.2) is 18.2 Å². The van der Waals surface area contributed by atoms with E-state index >= 15 is 0 Å². The van der Waals surface area contributed by atoms with E-state index in [0.29, 0.717) is 5.69 Å².